The second-order valence-corrected chi connectivity index (χ2v) is 6.40. The molecule has 1 N–H and O–H groups in total. The number of carbonyl (C=O) groups is 1. The molecule has 0 unspecified atom stereocenters. The van der Waals surface area contributed by atoms with Gasteiger partial charge in [0.1, 0.15) is 10.7 Å². The number of thiophene rings is 1. The van der Waals surface area contributed by atoms with Crippen LogP contribution in [0.25, 0.3) is 16.3 Å². The molecule has 0 radical (unpaired) electrons. The van der Waals surface area contributed by atoms with E-state index in [-0.39, 0.29) is 11.3 Å². The highest BCUT2D eigenvalue weighted by atomic mass is 35.5. The molecule has 6 heteroatoms. The number of aromatic amines is 1. The van der Waals surface area contributed by atoms with Crippen molar-refractivity contribution >= 4 is 45.0 Å². The van der Waals surface area contributed by atoms with Gasteiger partial charge >= 0.3 is 0 Å². The molecule has 0 aliphatic carbocycles. The fourth-order valence-electron chi connectivity index (χ4n) is 2.01. The molecule has 0 amide bonds. The minimum absolute atomic E-state index is 0.179. The molecule has 2 aromatic heterocycles. The van der Waals surface area contributed by atoms with Gasteiger partial charge < -0.3 is 4.98 Å². The highest BCUT2D eigenvalue weighted by molar-refractivity contribution is 7.18. The minimum Gasteiger partial charge on any atom is -0.306 e. The highest BCUT2D eigenvalue weighted by Crippen LogP contribution is 2.20. The lowest BCUT2D eigenvalue weighted by Crippen LogP contribution is -2.08. The predicted molar refractivity (Wildman–Crippen MR) is 89.8 cm³/mol. The number of hydrogen-bond acceptors (Lipinski definition) is 4. The van der Waals surface area contributed by atoms with Gasteiger partial charge in [0.2, 0.25) is 0 Å². The van der Waals surface area contributed by atoms with Crippen molar-refractivity contribution in [3.8, 4) is 0 Å². The van der Waals surface area contributed by atoms with Crippen LogP contribution in [0.2, 0.25) is 5.02 Å². The maximum absolute atomic E-state index is 12.0. The second-order valence-electron chi connectivity index (χ2n) is 4.73. The Kier molecular flexibility index (Phi) is 3.92. The normalized spacial score (nSPS) is 11.4. The summed E-state index contributed by atoms with van der Waals surface area (Å²) in [6.07, 6.45) is 2.89. The summed E-state index contributed by atoms with van der Waals surface area (Å²) < 4.78 is 0. The average molecular weight is 331 g/mol. The predicted octanol–water partition coefficient (Wildman–Crippen LogP) is 3.84. The van der Waals surface area contributed by atoms with E-state index in [1.54, 1.807) is 30.3 Å². The molecule has 4 nitrogen and oxygen atoms in total. The SMILES string of the molecule is Cc1cc2c(=O)[nH]c(/C=C/C(=O)c3ccc(Cl)cc3)nc2s1. The molecule has 0 aliphatic rings. The number of nitrogens with one attached hydrogen (secondary N) is 1. The maximum atomic E-state index is 12.0. The third-order valence-corrected chi connectivity index (χ3v) is 4.26. The van der Waals surface area contributed by atoms with Crippen LogP contribution in [0.5, 0.6) is 0 Å². The summed E-state index contributed by atoms with van der Waals surface area (Å²) in [5.41, 5.74) is 0.323. The van der Waals surface area contributed by atoms with Crippen LogP contribution in [0.15, 0.2) is 41.2 Å². The number of fused-ring (bicyclic) bond motifs is 1. The van der Waals surface area contributed by atoms with Crippen molar-refractivity contribution in [1.29, 1.82) is 0 Å². The number of ketones is 1. The van der Waals surface area contributed by atoms with Crippen molar-refractivity contribution in [2.45, 2.75) is 6.92 Å². The van der Waals surface area contributed by atoms with Crippen molar-refractivity contribution in [3.05, 3.63) is 68.0 Å². The number of H-pyrrole nitrogens is 1. The van der Waals surface area contributed by atoms with E-state index >= 15 is 0 Å². The molecule has 0 bridgehead atoms. The molecule has 3 aromatic rings. The summed E-state index contributed by atoms with van der Waals surface area (Å²) in [7, 11) is 0. The molecule has 22 heavy (non-hydrogen) atoms. The Hall–Kier alpha value is -2.24. The lowest BCUT2D eigenvalue weighted by Gasteiger charge is -1.96. The van der Waals surface area contributed by atoms with Gasteiger partial charge in [-0.05, 0) is 49.4 Å². The van der Waals surface area contributed by atoms with Crippen LogP contribution < -0.4 is 5.56 Å². The fraction of sp³-hybridized carbons (Fsp3) is 0.0625. The van der Waals surface area contributed by atoms with E-state index < -0.39 is 0 Å². The molecular weight excluding hydrogens is 320 g/mol. The minimum atomic E-state index is -0.201. The summed E-state index contributed by atoms with van der Waals surface area (Å²) in [4.78, 5) is 32.7. The Bertz CT molecular complexity index is 939. The summed E-state index contributed by atoms with van der Waals surface area (Å²) in [6.45, 7) is 1.92. The molecule has 0 spiro atoms. The molecule has 110 valence electrons. The van der Waals surface area contributed by atoms with Crippen LogP contribution in [0.1, 0.15) is 21.1 Å². The van der Waals surface area contributed by atoms with E-state index in [0.29, 0.717) is 26.6 Å². The first-order valence-corrected chi connectivity index (χ1v) is 7.71. The van der Waals surface area contributed by atoms with Gasteiger partial charge in [-0.15, -0.1) is 11.3 Å². The zero-order valence-corrected chi connectivity index (χ0v) is 13.2. The third kappa shape index (κ3) is 3.00. The number of nitrogens with zero attached hydrogens (tertiary/aromatic N) is 1. The first-order valence-electron chi connectivity index (χ1n) is 6.51. The van der Waals surface area contributed by atoms with Gasteiger partial charge in [0.05, 0.1) is 5.39 Å². The summed E-state index contributed by atoms with van der Waals surface area (Å²) in [5, 5.41) is 1.15. The van der Waals surface area contributed by atoms with Gasteiger partial charge in [0.15, 0.2) is 5.78 Å². The maximum Gasteiger partial charge on any atom is 0.259 e. The lowest BCUT2D eigenvalue weighted by molar-refractivity contribution is 0.104. The van der Waals surface area contributed by atoms with Crippen molar-refractivity contribution < 1.29 is 4.79 Å². The highest BCUT2D eigenvalue weighted by Gasteiger charge is 2.06. The first-order chi connectivity index (χ1) is 10.5. The Balaban J connectivity index is 1.90. The molecule has 0 atom stereocenters. The lowest BCUT2D eigenvalue weighted by atomic mass is 10.1. The number of hydrogen-bond donors (Lipinski definition) is 1. The number of allylic oxidation sites excluding steroid dienone is 1. The zero-order valence-electron chi connectivity index (χ0n) is 11.6. The molecule has 0 saturated heterocycles. The monoisotopic (exact) mass is 330 g/mol. The van der Waals surface area contributed by atoms with E-state index in [0.717, 1.165) is 4.88 Å². The van der Waals surface area contributed by atoms with Crippen LogP contribution in [-0.4, -0.2) is 15.8 Å². The molecule has 1 aromatic carbocycles. The average Bonchev–Trinajstić information content (AvgIpc) is 2.86. The van der Waals surface area contributed by atoms with Gasteiger partial charge in [-0.3, -0.25) is 9.59 Å². The molecule has 0 saturated carbocycles. The van der Waals surface area contributed by atoms with E-state index in [1.165, 1.54) is 23.5 Å². The Morgan fingerprint density at radius 1 is 1.32 bits per heavy atom. The van der Waals surface area contributed by atoms with E-state index in [1.807, 2.05) is 6.92 Å². The molecule has 0 aliphatic heterocycles. The number of benzene rings is 1. The topological polar surface area (TPSA) is 62.8 Å². The standard InChI is InChI=1S/C16H11ClN2O2S/c1-9-8-12-15(21)18-14(19-16(12)22-9)7-6-13(20)10-2-4-11(17)5-3-10/h2-8H,1H3,(H,18,19,21)/b7-6+. The smallest absolute Gasteiger partial charge is 0.259 e. The first kappa shape index (κ1) is 14.7. The largest absolute Gasteiger partial charge is 0.306 e. The van der Waals surface area contributed by atoms with Gasteiger partial charge in [-0.25, -0.2) is 4.98 Å². The van der Waals surface area contributed by atoms with Crippen LogP contribution in [0.3, 0.4) is 0 Å². The Morgan fingerprint density at radius 3 is 2.77 bits per heavy atom. The summed E-state index contributed by atoms with van der Waals surface area (Å²) >= 11 is 7.23. The molecule has 0 fully saturated rings. The second kappa shape index (κ2) is 5.87. The van der Waals surface area contributed by atoms with Crippen LogP contribution >= 0.6 is 22.9 Å². The number of carbonyl (C=O) groups excluding carboxylic acids is 1. The van der Waals surface area contributed by atoms with Crippen LogP contribution in [0, 0.1) is 6.92 Å². The van der Waals surface area contributed by atoms with Crippen molar-refractivity contribution in [2.24, 2.45) is 0 Å². The zero-order chi connectivity index (χ0) is 15.7. The van der Waals surface area contributed by atoms with Crippen molar-refractivity contribution in [2.75, 3.05) is 0 Å². The van der Waals surface area contributed by atoms with Crippen LogP contribution in [0.4, 0.5) is 0 Å². The summed E-state index contributed by atoms with van der Waals surface area (Å²) in [6, 6.07) is 8.42. The van der Waals surface area contributed by atoms with Crippen LogP contribution in [-0.2, 0) is 0 Å². The number of rotatable bonds is 3. The molecular formula is C16H11ClN2O2S. The third-order valence-electron chi connectivity index (χ3n) is 3.07. The summed E-state index contributed by atoms with van der Waals surface area (Å²) in [5.74, 6) is 0.184. The van der Waals surface area contributed by atoms with Gasteiger partial charge in [-0.2, -0.15) is 0 Å². The molecule has 3 rings (SSSR count). The molecule has 2 heterocycles. The quantitative estimate of drug-likeness (QED) is 0.586. The van der Waals surface area contributed by atoms with Gasteiger partial charge in [0.25, 0.3) is 5.56 Å². The van der Waals surface area contributed by atoms with E-state index in [2.05, 4.69) is 9.97 Å². The number of aromatic nitrogens is 2. The van der Waals surface area contributed by atoms with Crippen molar-refractivity contribution in [3.63, 3.8) is 0 Å². The van der Waals surface area contributed by atoms with Gasteiger partial charge in [0, 0.05) is 15.5 Å². The van der Waals surface area contributed by atoms with Crippen molar-refractivity contribution in [1.82, 2.24) is 9.97 Å². The Morgan fingerprint density at radius 2 is 2.05 bits per heavy atom. The van der Waals surface area contributed by atoms with E-state index in [4.69, 9.17) is 11.6 Å². The number of halogens is 1. The fourth-order valence-corrected chi connectivity index (χ4v) is 3.03. The number of aryl methyl sites for hydroxylation is 1. The van der Waals surface area contributed by atoms with Gasteiger partial charge in [-0.1, -0.05) is 11.6 Å². The Labute approximate surface area is 135 Å². The van der Waals surface area contributed by atoms with E-state index in [9.17, 15) is 9.59 Å².